The molecule has 1 fully saturated rings. The molecule has 2 aromatic rings. The van der Waals surface area contributed by atoms with Gasteiger partial charge in [0, 0.05) is 44.3 Å². The summed E-state index contributed by atoms with van der Waals surface area (Å²) >= 11 is 0. The first-order valence-electron chi connectivity index (χ1n) is 8.64. The number of piperazine rings is 1. The number of nitrogens with zero attached hydrogens (tertiary/aromatic N) is 4. The molecule has 0 unspecified atom stereocenters. The molecule has 0 aliphatic carbocycles. The predicted molar refractivity (Wildman–Crippen MR) is 96.6 cm³/mol. The summed E-state index contributed by atoms with van der Waals surface area (Å²) in [7, 11) is 4.30. The van der Waals surface area contributed by atoms with Gasteiger partial charge in [-0.05, 0) is 51.3 Å². The van der Waals surface area contributed by atoms with Gasteiger partial charge in [-0.3, -0.25) is 9.88 Å². The number of hydrogen-bond donors (Lipinski definition) is 0. The van der Waals surface area contributed by atoms with E-state index in [9.17, 15) is 0 Å². The number of rotatable bonds is 6. The van der Waals surface area contributed by atoms with Crippen molar-refractivity contribution in [2.45, 2.75) is 13.0 Å². The second-order valence-electron chi connectivity index (χ2n) is 6.76. The summed E-state index contributed by atoms with van der Waals surface area (Å²) in [5, 5.41) is 1.29. The molecule has 0 bridgehead atoms. The highest BCUT2D eigenvalue weighted by atomic mass is 15.3. The van der Waals surface area contributed by atoms with Gasteiger partial charge in [0.15, 0.2) is 0 Å². The predicted octanol–water partition coefficient (Wildman–Crippen LogP) is 2.30. The quantitative estimate of drug-likeness (QED) is 0.816. The van der Waals surface area contributed by atoms with E-state index >= 15 is 0 Å². The highest BCUT2D eigenvalue weighted by Gasteiger charge is 2.17. The Kier molecular flexibility index (Phi) is 5.60. The highest BCUT2D eigenvalue weighted by Crippen LogP contribution is 2.18. The molecule has 1 aromatic heterocycles. The molecule has 0 spiro atoms. The Hall–Kier alpha value is -1.49. The van der Waals surface area contributed by atoms with Gasteiger partial charge in [-0.1, -0.05) is 18.2 Å². The largest absolute Gasteiger partial charge is 0.309 e. The van der Waals surface area contributed by atoms with Crippen LogP contribution in [0.1, 0.15) is 12.0 Å². The molecule has 124 valence electrons. The molecule has 1 aromatic carbocycles. The summed E-state index contributed by atoms with van der Waals surface area (Å²) in [5.41, 5.74) is 2.50. The Bertz CT molecular complexity index is 612. The first kappa shape index (κ1) is 16.4. The molecule has 2 heterocycles. The molecular weight excluding hydrogens is 284 g/mol. The van der Waals surface area contributed by atoms with Crippen LogP contribution in [0.4, 0.5) is 0 Å². The van der Waals surface area contributed by atoms with Crippen LogP contribution in [-0.2, 0) is 6.54 Å². The number of fused-ring (bicyclic) bond motifs is 1. The maximum Gasteiger partial charge on any atom is 0.0705 e. The van der Waals surface area contributed by atoms with Crippen molar-refractivity contribution in [3.05, 3.63) is 42.1 Å². The molecule has 23 heavy (non-hydrogen) atoms. The van der Waals surface area contributed by atoms with Crippen molar-refractivity contribution in [2.24, 2.45) is 0 Å². The maximum absolute atomic E-state index is 4.46. The standard InChI is InChI=1S/C19H28N4/c1-21(2)10-5-11-22-12-14-23(15-13-22)16-17-6-3-8-19-18(17)7-4-9-20-19/h3-4,6-9H,5,10-16H2,1-2H3. The lowest BCUT2D eigenvalue weighted by atomic mass is 10.1. The molecule has 0 amide bonds. The Morgan fingerprint density at radius 3 is 2.57 bits per heavy atom. The highest BCUT2D eigenvalue weighted by molar-refractivity contribution is 5.81. The zero-order chi connectivity index (χ0) is 16.1. The van der Waals surface area contributed by atoms with E-state index in [1.54, 1.807) is 0 Å². The van der Waals surface area contributed by atoms with Gasteiger partial charge in [0.05, 0.1) is 5.52 Å². The summed E-state index contributed by atoms with van der Waals surface area (Å²) in [4.78, 5) is 11.9. The van der Waals surface area contributed by atoms with Crippen LogP contribution in [-0.4, -0.2) is 73.0 Å². The van der Waals surface area contributed by atoms with Crippen LogP contribution in [0.2, 0.25) is 0 Å². The van der Waals surface area contributed by atoms with Crippen LogP contribution >= 0.6 is 0 Å². The Morgan fingerprint density at radius 2 is 1.78 bits per heavy atom. The van der Waals surface area contributed by atoms with Crippen LogP contribution in [0.15, 0.2) is 36.5 Å². The van der Waals surface area contributed by atoms with E-state index < -0.39 is 0 Å². The van der Waals surface area contributed by atoms with Crippen LogP contribution < -0.4 is 0 Å². The van der Waals surface area contributed by atoms with E-state index in [0.29, 0.717) is 0 Å². The number of benzene rings is 1. The molecule has 4 heteroatoms. The van der Waals surface area contributed by atoms with Crippen LogP contribution in [0.5, 0.6) is 0 Å². The van der Waals surface area contributed by atoms with Gasteiger partial charge < -0.3 is 9.80 Å². The molecule has 0 N–H and O–H groups in total. The number of aromatic nitrogens is 1. The Morgan fingerprint density at radius 1 is 1.00 bits per heavy atom. The first-order chi connectivity index (χ1) is 11.2. The van der Waals surface area contributed by atoms with Gasteiger partial charge in [0.1, 0.15) is 0 Å². The van der Waals surface area contributed by atoms with Gasteiger partial charge in [0.25, 0.3) is 0 Å². The average Bonchev–Trinajstić information content (AvgIpc) is 2.56. The fraction of sp³-hybridized carbons (Fsp3) is 0.526. The SMILES string of the molecule is CN(C)CCCN1CCN(Cc2cccc3ncccc23)CC1. The average molecular weight is 312 g/mol. The van der Waals surface area contributed by atoms with Gasteiger partial charge >= 0.3 is 0 Å². The van der Waals surface area contributed by atoms with Crippen molar-refractivity contribution >= 4 is 10.9 Å². The van der Waals surface area contributed by atoms with E-state index in [1.165, 1.54) is 56.6 Å². The third kappa shape index (κ3) is 4.50. The molecule has 1 aliphatic rings. The van der Waals surface area contributed by atoms with Crippen molar-refractivity contribution in [3.8, 4) is 0 Å². The number of pyridine rings is 1. The first-order valence-corrected chi connectivity index (χ1v) is 8.64. The minimum Gasteiger partial charge on any atom is -0.309 e. The third-order valence-corrected chi connectivity index (χ3v) is 4.67. The smallest absolute Gasteiger partial charge is 0.0705 e. The van der Waals surface area contributed by atoms with Crippen molar-refractivity contribution in [1.82, 2.24) is 19.7 Å². The van der Waals surface area contributed by atoms with Crippen LogP contribution in [0.25, 0.3) is 10.9 Å². The topological polar surface area (TPSA) is 22.6 Å². The second-order valence-corrected chi connectivity index (χ2v) is 6.76. The molecule has 0 atom stereocenters. The lowest BCUT2D eigenvalue weighted by molar-refractivity contribution is 0.124. The molecule has 3 rings (SSSR count). The molecular formula is C19H28N4. The molecule has 0 radical (unpaired) electrons. The summed E-state index contributed by atoms with van der Waals surface area (Å²) in [6.07, 6.45) is 3.14. The fourth-order valence-electron chi connectivity index (χ4n) is 3.33. The van der Waals surface area contributed by atoms with E-state index in [1.807, 2.05) is 12.3 Å². The van der Waals surface area contributed by atoms with E-state index in [4.69, 9.17) is 0 Å². The van der Waals surface area contributed by atoms with Crippen molar-refractivity contribution < 1.29 is 0 Å². The molecule has 1 saturated heterocycles. The van der Waals surface area contributed by atoms with Gasteiger partial charge in [0.2, 0.25) is 0 Å². The minimum absolute atomic E-state index is 1.04. The third-order valence-electron chi connectivity index (χ3n) is 4.67. The zero-order valence-corrected chi connectivity index (χ0v) is 14.4. The molecule has 1 aliphatic heterocycles. The van der Waals surface area contributed by atoms with Crippen molar-refractivity contribution in [3.63, 3.8) is 0 Å². The summed E-state index contributed by atoms with van der Waals surface area (Å²) in [6, 6.07) is 10.7. The van der Waals surface area contributed by atoms with Gasteiger partial charge in [-0.2, -0.15) is 0 Å². The van der Waals surface area contributed by atoms with Gasteiger partial charge in [-0.25, -0.2) is 0 Å². The lowest BCUT2D eigenvalue weighted by Crippen LogP contribution is -2.46. The zero-order valence-electron chi connectivity index (χ0n) is 14.4. The molecule has 0 saturated carbocycles. The number of hydrogen-bond acceptors (Lipinski definition) is 4. The molecule has 4 nitrogen and oxygen atoms in total. The summed E-state index contributed by atoms with van der Waals surface area (Å²) < 4.78 is 0. The van der Waals surface area contributed by atoms with Crippen molar-refractivity contribution in [1.29, 1.82) is 0 Å². The lowest BCUT2D eigenvalue weighted by Gasteiger charge is -2.35. The van der Waals surface area contributed by atoms with E-state index in [2.05, 4.69) is 58.0 Å². The Labute approximate surface area is 139 Å². The summed E-state index contributed by atoms with van der Waals surface area (Å²) in [5.74, 6) is 0. The van der Waals surface area contributed by atoms with Crippen molar-refractivity contribution in [2.75, 3.05) is 53.4 Å². The van der Waals surface area contributed by atoms with Gasteiger partial charge in [-0.15, -0.1) is 0 Å². The van der Waals surface area contributed by atoms with Crippen LogP contribution in [0.3, 0.4) is 0 Å². The van der Waals surface area contributed by atoms with Crippen LogP contribution in [0, 0.1) is 0 Å². The summed E-state index contributed by atoms with van der Waals surface area (Å²) in [6.45, 7) is 8.16. The maximum atomic E-state index is 4.46. The minimum atomic E-state index is 1.04. The normalized spacial score (nSPS) is 17.2. The van der Waals surface area contributed by atoms with E-state index in [-0.39, 0.29) is 0 Å². The second kappa shape index (κ2) is 7.86. The van der Waals surface area contributed by atoms with E-state index in [0.717, 1.165) is 12.1 Å². The Balaban J connectivity index is 1.52. The fourth-order valence-corrected chi connectivity index (χ4v) is 3.33. The monoisotopic (exact) mass is 312 g/mol.